The number of hydrogen-bond acceptors (Lipinski definition) is 7. The largest absolute Gasteiger partial charge is 0.478 e. The van der Waals surface area contributed by atoms with E-state index in [9.17, 15) is 24.0 Å². The molecule has 3 heterocycles. The van der Waals surface area contributed by atoms with Crippen molar-refractivity contribution in [2.24, 2.45) is 0 Å². The number of carbonyl (C=O) groups is 5. The molecule has 2 aromatic carbocycles. The lowest BCUT2D eigenvalue weighted by Crippen LogP contribution is -2.29. The number of aromatic carboxylic acids is 1. The van der Waals surface area contributed by atoms with Crippen LogP contribution < -0.4 is 4.90 Å². The number of benzene rings is 2. The van der Waals surface area contributed by atoms with E-state index in [0.29, 0.717) is 30.6 Å². The van der Waals surface area contributed by atoms with E-state index in [-0.39, 0.29) is 22.4 Å². The number of rotatable bonds is 6. The zero-order chi connectivity index (χ0) is 24.0. The maximum atomic E-state index is 13.6. The molecule has 0 atom stereocenters. The molecule has 34 heavy (non-hydrogen) atoms. The van der Waals surface area contributed by atoms with Crippen molar-refractivity contribution in [3.8, 4) is 20.9 Å². The molecule has 0 bridgehead atoms. The molecule has 0 saturated carbocycles. The Balaban J connectivity index is 1.71. The summed E-state index contributed by atoms with van der Waals surface area (Å²) in [4.78, 5) is 64.1. The van der Waals surface area contributed by atoms with Crippen LogP contribution in [0.4, 0.5) is 5.69 Å². The van der Waals surface area contributed by atoms with Crippen molar-refractivity contribution in [2.75, 3.05) is 4.90 Å². The van der Waals surface area contributed by atoms with Crippen molar-refractivity contribution < 1.29 is 29.1 Å². The van der Waals surface area contributed by atoms with Crippen molar-refractivity contribution in [2.45, 2.75) is 0 Å². The molecule has 4 aromatic rings. The van der Waals surface area contributed by atoms with Gasteiger partial charge in [-0.15, -0.1) is 22.7 Å². The number of nitrogens with zero attached hydrogens (tertiary/aromatic N) is 1. The van der Waals surface area contributed by atoms with Gasteiger partial charge in [-0.05, 0) is 48.5 Å². The summed E-state index contributed by atoms with van der Waals surface area (Å²) in [5.74, 6) is -2.22. The zero-order valence-electron chi connectivity index (χ0n) is 17.2. The Labute approximate surface area is 200 Å². The van der Waals surface area contributed by atoms with Crippen molar-refractivity contribution in [1.29, 1.82) is 0 Å². The number of amides is 2. The smallest absolute Gasteiger partial charge is 0.335 e. The van der Waals surface area contributed by atoms with Gasteiger partial charge in [0.25, 0.3) is 11.8 Å². The Hall–Kier alpha value is -4.21. The van der Waals surface area contributed by atoms with Gasteiger partial charge in [-0.1, -0.05) is 12.1 Å². The lowest BCUT2D eigenvalue weighted by molar-refractivity contribution is 0.0696. The van der Waals surface area contributed by atoms with Gasteiger partial charge in [0.15, 0.2) is 12.6 Å². The van der Waals surface area contributed by atoms with Crippen LogP contribution in [-0.2, 0) is 0 Å². The van der Waals surface area contributed by atoms with Gasteiger partial charge < -0.3 is 5.11 Å². The maximum absolute atomic E-state index is 13.6. The summed E-state index contributed by atoms with van der Waals surface area (Å²) in [6.07, 6.45) is 1.44. The molecule has 2 aromatic heterocycles. The summed E-state index contributed by atoms with van der Waals surface area (Å²) in [5.41, 5.74) is 1.71. The van der Waals surface area contributed by atoms with E-state index in [2.05, 4.69) is 0 Å². The number of carbonyl (C=O) groups excluding carboxylic acids is 4. The Bertz CT molecular complexity index is 1430. The predicted molar refractivity (Wildman–Crippen MR) is 128 cm³/mol. The zero-order valence-corrected chi connectivity index (χ0v) is 18.8. The Morgan fingerprint density at radius 3 is 1.56 bits per heavy atom. The summed E-state index contributed by atoms with van der Waals surface area (Å²) >= 11 is 2.42. The van der Waals surface area contributed by atoms with Crippen LogP contribution in [0.15, 0.2) is 60.7 Å². The van der Waals surface area contributed by atoms with E-state index in [0.717, 1.165) is 17.5 Å². The molecular formula is C25H13NO6S2. The molecule has 0 unspecified atom stereocenters. The van der Waals surface area contributed by atoms with Crippen LogP contribution in [0.1, 0.15) is 50.4 Å². The molecule has 0 saturated heterocycles. The summed E-state index contributed by atoms with van der Waals surface area (Å²) < 4.78 is 0. The van der Waals surface area contributed by atoms with Crippen LogP contribution in [-0.4, -0.2) is 35.5 Å². The van der Waals surface area contributed by atoms with E-state index < -0.39 is 17.8 Å². The third kappa shape index (κ3) is 3.38. The van der Waals surface area contributed by atoms with Crippen molar-refractivity contribution >= 4 is 58.7 Å². The summed E-state index contributed by atoms with van der Waals surface area (Å²) in [6, 6.07) is 15.7. The summed E-state index contributed by atoms with van der Waals surface area (Å²) in [5, 5.41) is 9.16. The van der Waals surface area contributed by atoms with Crippen LogP contribution in [0.2, 0.25) is 0 Å². The fraction of sp³-hybridized carbons (Fsp3) is 0. The van der Waals surface area contributed by atoms with Crippen LogP contribution in [0.5, 0.6) is 0 Å². The molecule has 9 heteroatoms. The first-order valence-corrected chi connectivity index (χ1v) is 11.6. The Morgan fingerprint density at radius 1 is 0.706 bits per heavy atom. The lowest BCUT2D eigenvalue weighted by Gasteiger charge is -2.14. The third-order valence-corrected chi connectivity index (χ3v) is 7.52. The lowest BCUT2D eigenvalue weighted by atomic mass is 9.95. The number of carboxylic acid groups (broad SMARTS) is 1. The average Bonchev–Trinajstić information content (AvgIpc) is 3.57. The summed E-state index contributed by atoms with van der Waals surface area (Å²) in [6.45, 7) is 0. The van der Waals surface area contributed by atoms with Gasteiger partial charge in [0.2, 0.25) is 0 Å². The quantitative estimate of drug-likeness (QED) is 0.293. The first-order chi connectivity index (χ1) is 16.4. The topological polar surface area (TPSA) is 109 Å². The number of imide groups is 1. The van der Waals surface area contributed by atoms with Crippen molar-refractivity contribution in [3.05, 3.63) is 87.1 Å². The molecule has 2 amide bonds. The standard InChI is InChI=1S/C25H13NO6S2/c27-11-15-5-9-19(33-15)17-7-8-18(20-10-6-16(12-28)34-20)22-21(17)23(29)26(24(22)30)14-3-1-13(2-4-14)25(31)32/h1-12H,(H,31,32). The van der Waals surface area contributed by atoms with E-state index in [1.807, 2.05) is 0 Å². The van der Waals surface area contributed by atoms with Gasteiger partial charge in [-0.2, -0.15) is 0 Å². The first kappa shape index (κ1) is 21.6. The highest BCUT2D eigenvalue weighted by Gasteiger charge is 2.41. The van der Waals surface area contributed by atoms with Crippen molar-refractivity contribution in [3.63, 3.8) is 0 Å². The van der Waals surface area contributed by atoms with Crippen LogP contribution in [0.25, 0.3) is 20.9 Å². The minimum Gasteiger partial charge on any atom is -0.478 e. The highest BCUT2D eigenvalue weighted by atomic mass is 32.1. The van der Waals surface area contributed by atoms with Crippen LogP contribution in [0, 0.1) is 0 Å². The summed E-state index contributed by atoms with van der Waals surface area (Å²) in [7, 11) is 0. The number of thiophene rings is 2. The Morgan fingerprint density at radius 2 is 1.18 bits per heavy atom. The number of fused-ring (bicyclic) bond motifs is 1. The highest BCUT2D eigenvalue weighted by Crippen LogP contribution is 2.43. The van der Waals surface area contributed by atoms with E-state index in [1.165, 1.54) is 46.9 Å². The SMILES string of the molecule is O=Cc1ccc(-c2ccc(-c3ccc(C=O)s3)c3c2C(=O)N(c2ccc(C(=O)O)cc2)C3=O)s1. The first-order valence-electron chi connectivity index (χ1n) is 9.93. The number of hydrogen-bond donors (Lipinski definition) is 1. The Kier molecular flexibility index (Phi) is 5.27. The molecule has 166 valence electrons. The second kappa shape index (κ2) is 8.29. The van der Waals surface area contributed by atoms with Gasteiger partial charge in [0.05, 0.1) is 32.1 Å². The van der Waals surface area contributed by atoms with E-state index in [4.69, 9.17) is 5.11 Å². The van der Waals surface area contributed by atoms with Gasteiger partial charge in [-0.25, -0.2) is 9.69 Å². The van der Waals surface area contributed by atoms with Gasteiger partial charge in [0.1, 0.15) is 0 Å². The van der Waals surface area contributed by atoms with Crippen LogP contribution in [0.3, 0.4) is 0 Å². The fourth-order valence-corrected chi connectivity index (χ4v) is 5.59. The molecule has 1 N–H and O–H groups in total. The molecule has 1 aliphatic heterocycles. The normalized spacial score (nSPS) is 12.6. The monoisotopic (exact) mass is 487 g/mol. The van der Waals surface area contributed by atoms with Crippen LogP contribution >= 0.6 is 22.7 Å². The molecule has 0 fully saturated rings. The minimum absolute atomic E-state index is 0.0293. The highest BCUT2D eigenvalue weighted by molar-refractivity contribution is 7.17. The average molecular weight is 488 g/mol. The second-order valence-corrected chi connectivity index (χ2v) is 9.58. The second-order valence-electron chi connectivity index (χ2n) is 7.35. The van der Waals surface area contributed by atoms with Gasteiger partial charge in [0, 0.05) is 20.9 Å². The molecule has 1 aliphatic rings. The number of aldehydes is 2. The van der Waals surface area contributed by atoms with Crippen molar-refractivity contribution in [1.82, 2.24) is 0 Å². The number of carboxylic acids is 1. The molecule has 0 spiro atoms. The molecule has 0 aliphatic carbocycles. The fourth-order valence-electron chi connectivity index (χ4n) is 3.88. The molecule has 7 nitrogen and oxygen atoms in total. The van der Waals surface area contributed by atoms with Gasteiger partial charge >= 0.3 is 5.97 Å². The van der Waals surface area contributed by atoms with Gasteiger partial charge in [-0.3, -0.25) is 19.2 Å². The van der Waals surface area contributed by atoms with E-state index in [1.54, 1.807) is 36.4 Å². The van der Waals surface area contributed by atoms with E-state index >= 15 is 0 Å². The minimum atomic E-state index is -1.12. The molecular weight excluding hydrogens is 474 g/mol. The molecule has 5 rings (SSSR count). The maximum Gasteiger partial charge on any atom is 0.335 e. The number of anilines is 1. The predicted octanol–water partition coefficient (Wildman–Crippen LogP) is 5.27. The molecule has 0 radical (unpaired) electrons. The third-order valence-electron chi connectivity index (χ3n) is 5.43.